The molecule has 0 spiro atoms. The minimum Gasteiger partial charge on any atom is -0.356 e. The second-order valence-electron chi connectivity index (χ2n) is 5.56. The van der Waals surface area contributed by atoms with Gasteiger partial charge in [0.2, 0.25) is 0 Å². The summed E-state index contributed by atoms with van der Waals surface area (Å²) >= 11 is 1.73. The number of nitrogens with zero attached hydrogens (tertiary/aromatic N) is 2. The molecule has 0 saturated carbocycles. The first-order valence-corrected chi connectivity index (χ1v) is 8.77. The monoisotopic (exact) mass is 310 g/mol. The number of unbranched alkanes of at least 4 members (excludes halogenated alkanes) is 4. The van der Waals surface area contributed by atoms with Crippen molar-refractivity contribution >= 4 is 17.3 Å². The van der Waals surface area contributed by atoms with E-state index < -0.39 is 0 Å². The molecule has 1 rings (SSSR count). The Morgan fingerprint density at radius 3 is 2.57 bits per heavy atom. The minimum atomic E-state index is 0.841. The normalized spacial score (nSPS) is 11.9. The number of guanidine groups is 1. The lowest BCUT2D eigenvalue weighted by atomic mass is 10.1. The Morgan fingerprint density at radius 1 is 1.14 bits per heavy atom. The topological polar surface area (TPSA) is 39.7 Å². The molecule has 0 aliphatic heterocycles. The summed E-state index contributed by atoms with van der Waals surface area (Å²) in [5.74, 6) is 0.897. The molecule has 0 radical (unpaired) electrons. The van der Waals surface area contributed by atoms with Crippen LogP contribution in [0.3, 0.4) is 0 Å². The van der Waals surface area contributed by atoms with Gasteiger partial charge >= 0.3 is 0 Å². The number of hydrogen-bond donors (Lipinski definition) is 2. The summed E-state index contributed by atoms with van der Waals surface area (Å²) in [6.45, 7) is 3.04. The molecule has 0 amide bonds. The smallest absolute Gasteiger partial charge is 0.191 e. The molecule has 1 aromatic heterocycles. The van der Waals surface area contributed by atoms with Crippen LogP contribution in [-0.4, -0.2) is 45.1 Å². The van der Waals surface area contributed by atoms with Gasteiger partial charge in [-0.25, -0.2) is 0 Å². The molecule has 5 heteroatoms. The zero-order chi connectivity index (χ0) is 15.3. The molecule has 0 aliphatic rings. The van der Waals surface area contributed by atoms with Gasteiger partial charge in [-0.3, -0.25) is 4.99 Å². The fourth-order valence-electron chi connectivity index (χ4n) is 2.09. The first-order chi connectivity index (χ1) is 10.2. The van der Waals surface area contributed by atoms with Crippen LogP contribution in [0.25, 0.3) is 0 Å². The van der Waals surface area contributed by atoms with E-state index in [-0.39, 0.29) is 0 Å². The van der Waals surface area contributed by atoms with Gasteiger partial charge in [0.05, 0.1) is 0 Å². The summed E-state index contributed by atoms with van der Waals surface area (Å²) in [6.07, 6.45) is 6.48. The van der Waals surface area contributed by atoms with Crippen LogP contribution in [0.4, 0.5) is 0 Å². The van der Waals surface area contributed by atoms with Crippen LogP contribution in [0.2, 0.25) is 0 Å². The summed E-state index contributed by atoms with van der Waals surface area (Å²) in [6, 6.07) is 2.14. The van der Waals surface area contributed by atoms with Crippen molar-refractivity contribution in [3.8, 4) is 0 Å². The summed E-state index contributed by atoms with van der Waals surface area (Å²) in [5, 5.41) is 11.0. The van der Waals surface area contributed by atoms with Crippen molar-refractivity contribution in [1.29, 1.82) is 0 Å². The molecular formula is C16H30N4S. The second-order valence-corrected chi connectivity index (χ2v) is 6.34. The molecule has 0 saturated heterocycles. The Labute approximate surface area is 133 Å². The van der Waals surface area contributed by atoms with Gasteiger partial charge in [0, 0.05) is 20.1 Å². The van der Waals surface area contributed by atoms with Crippen LogP contribution in [0.5, 0.6) is 0 Å². The van der Waals surface area contributed by atoms with Crippen LogP contribution in [0.1, 0.15) is 37.7 Å². The molecular weight excluding hydrogens is 280 g/mol. The number of rotatable bonds is 10. The third-order valence-electron chi connectivity index (χ3n) is 3.34. The largest absolute Gasteiger partial charge is 0.356 e. The average molecular weight is 311 g/mol. The maximum Gasteiger partial charge on any atom is 0.191 e. The van der Waals surface area contributed by atoms with Crippen LogP contribution < -0.4 is 10.6 Å². The van der Waals surface area contributed by atoms with Crippen molar-refractivity contribution in [2.45, 2.75) is 38.6 Å². The number of nitrogens with one attached hydrogen (secondary N) is 2. The van der Waals surface area contributed by atoms with Crippen LogP contribution in [0, 0.1) is 0 Å². The molecule has 4 nitrogen and oxygen atoms in total. The molecule has 0 unspecified atom stereocenters. The van der Waals surface area contributed by atoms with Crippen molar-refractivity contribution in [2.75, 3.05) is 34.2 Å². The predicted octanol–water partition coefficient (Wildman–Crippen LogP) is 2.93. The van der Waals surface area contributed by atoms with Gasteiger partial charge in [-0.2, -0.15) is 11.3 Å². The van der Waals surface area contributed by atoms with E-state index in [4.69, 9.17) is 0 Å². The maximum atomic E-state index is 4.25. The molecule has 0 aromatic carbocycles. The van der Waals surface area contributed by atoms with E-state index in [2.05, 4.69) is 51.4 Å². The molecule has 0 bridgehead atoms. The first-order valence-electron chi connectivity index (χ1n) is 7.82. The lowest BCUT2D eigenvalue weighted by Gasteiger charge is -2.11. The van der Waals surface area contributed by atoms with Gasteiger partial charge in [-0.05, 0) is 55.9 Å². The number of aliphatic imine (C=N–C) groups is 1. The fourth-order valence-corrected chi connectivity index (χ4v) is 2.76. The van der Waals surface area contributed by atoms with E-state index in [1.165, 1.54) is 44.2 Å². The van der Waals surface area contributed by atoms with Crippen LogP contribution in [-0.2, 0) is 6.54 Å². The third kappa shape index (κ3) is 9.47. The van der Waals surface area contributed by atoms with Gasteiger partial charge in [0.15, 0.2) is 5.96 Å². The number of hydrogen-bond acceptors (Lipinski definition) is 3. The lowest BCUT2D eigenvalue weighted by molar-refractivity contribution is 0.389. The summed E-state index contributed by atoms with van der Waals surface area (Å²) < 4.78 is 0. The molecule has 1 aromatic rings. The summed E-state index contributed by atoms with van der Waals surface area (Å²) in [4.78, 5) is 6.50. The summed E-state index contributed by atoms with van der Waals surface area (Å²) in [7, 11) is 6.10. The van der Waals surface area contributed by atoms with Gasteiger partial charge < -0.3 is 15.5 Å². The van der Waals surface area contributed by atoms with Crippen molar-refractivity contribution in [3.05, 3.63) is 22.4 Å². The van der Waals surface area contributed by atoms with E-state index in [1.807, 2.05) is 7.05 Å². The van der Waals surface area contributed by atoms with Crippen molar-refractivity contribution in [2.24, 2.45) is 4.99 Å². The van der Waals surface area contributed by atoms with Crippen LogP contribution >= 0.6 is 11.3 Å². The molecule has 0 fully saturated rings. The molecule has 2 N–H and O–H groups in total. The zero-order valence-electron chi connectivity index (χ0n) is 13.7. The Kier molecular flexibility index (Phi) is 9.91. The van der Waals surface area contributed by atoms with Gasteiger partial charge in [-0.15, -0.1) is 0 Å². The van der Waals surface area contributed by atoms with E-state index in [1.54, 1.807) is 11.3 Å². The minimum absolute atomic E-state index is 0.841. The van der Waals surface area contributed by atoms with E-state index in [9.17, 15) is 0 Å². The Balaban J connectivity index is 1.97. The van der Waals surface area contributed by atoms with Crippen LogP contribution in [0.15, 0.2) is 21.8 Å². The van der Waals surface area contributed by atoms with E-state index in [0.717, 1.165) is 19.0 Å². The highest BCUT2D eigenvalue weighted by atomic mass is 32.1. The molecule has 0 aliphatic carbocycles. The van der Waals surface area contributed by atoms with Crippen molar-refractivity contribution < 1.29 is 0 Å². The first kappa shape index (κ1) is 18.0. The van der Waals surface area contributed by atoms with E-state index in [0.29, 0.717) is 0 Å². The molecule has 0 atom stereocenters. The highest BCUT2D eigenvalue weighted by molar-refractivity contribution is 7.07. The van der Waals surface area contributed by atoms with Gasteiger partial charge in [0.1, 0.15) is 0 Å². The lowest BCUT2D eigenvalue weighted by Crippen LogP contribution is -2.37. The predicted molar refractivity (Wildman–Crippen MR) is 94.2 cm³/mol. The second kappa shape index (κ2) is 11.6. The quantitative estimate of drug-likeness (QED) is 0.396. The number of thiophene rings is 1. The SMILES string of the molecule is CN=C(NCCCCCCCN(C)C)NCc1ccsc1. The van der Waals surface area contributed by atoms with Gasteiger partial charge in [-0.1, -0.05) is 19.3 Å². The Hall–Kier alpha value is -1.07. The fraction of sp³-hybridized carbons (Fsp3) is 0.688. The Morgan fingerprint density at radius 2 is 1.90 bits per heavy atom. The zero-order valence-corrected chi connectivity index (χ0v) is 14.5. The molecule has 1 heterocycles. The average Bonchev–Trinajstić information content (AvgIpc) is 2.98. The Bertz CT molecular complexity index is 374. The van der Waals surface area contributed by atoms with Gasteiger partial charge in [0.25, 0.3) is 0 Å². The highest BCUT2D eigenvalue weighted by Gasteiger charge is 1.98. The molecule has 21 heavy (non-hydrogen) atoms. The maximum absolute atomic E-state index is 4.25. The molecule has 120 valence electrons. The van der Waals surface area contributed by atoms with Crippen molar-refractivity contribution in [1.82, 2.24) is 15.5 Å². The van der Waals surface area contributed by atoms with E-state index >= 15 is 0 Å². The standard InChI is InChI=1S/C16H30N4S/c1-17-16(19-13-15-9-12-21-14-15)18-10-7-5-4-6-8-11-20(2)3/h9,12,14H,4-8,10-11,13H2,1-3H3,(H2,17,18,19). The summed E-state index contributed by atoms with van der Waals surface area (Å²) in [5.41, 5.74) is 1.31. The third-order valence-corrected chi connectivity index (χ3v) is 4.07. The highest BCUT2D eigenvalue weighted by Crippen LogP contribution is 2.05. The van der Waals surface area contributed by atoms with Crippen molar-refractivity contribution in [3.63, 3.8) is 0 Å².